The predicted octanol–water partition coefficient (Wildman–Crippen LogP) is 3.53. The Balaban J connectivity index is 1.22. The molecule has 1 atom stereocenters. The molecular formula is C26H28F2N8O. The van der Waals surface area contributed by atoms with E-state index in [1.165, 1.54) is 10.9 Å². The minimum atomic E-state index is -0.441. The molecule has 37 heavy (non-hydrogen) atoms. The summed E-state index contributed by atoms with van der Waals surface area (Å²) in [5.74, 6) is -0.329. The van der Waals surface area contributed by atoms with Gasteiger partial charge in [-0.05, 0) is 50.1 Å². The van der Waals surface area contributed by atoms with E-state index in [4.69, 9.17) is 0 Å². The van der Waals surface area contributed by atoms with Crippen LogP contribution >= 0.6 is 0 Å². The molecule has 5 rings (SSSR count). The van der Waals surface area contributed by atoms with Gasteiger partial charge in [-0.25, -0.2) is 23.4 Å². The number of nitrogens with one attached hydrogen (secondary N) is 1. The molecule has 5 heterocycles. The zero-order chi connectivity index (χ0) is 26.3. The minimum absolute atomic E-state index is 0.0257. The average Bonchev–Trinajstić information content (AvgIpc) is 3.47. The van der Waals surface area contributed by atoms with Crippen molar-refractivity contribution >= 4 is 11.7 Å². The highest BCUT2D eigenvalue weighted by Crippen LogP contribution is 2.30. The number of carbonyl (C=O) groups is 1. The number of aryl methyl sites for hydroxylation is 2. The smallest absolute Gasteiger partial charge is 0.229 e. The van der Waals surface area contributed by atoms with E-state index in [2.05, 4.69) is 25.3 Å². The van der Waals surface area contributed by atoms with Gasteiger partial charge < -0.3 is 9.80 Å². The SMILES string of the molecule is Cc1cc(Cc2cc(C)c(F)c(N3CC(C(=O)N(C)[C@@H](C)c4ccc(-n5cc(F)cn5)nc4)C3)n2)n[nH]1. The molecule has 0 aliphatic carbocycles. The Morgan fingerprint density at radius 1 is 1.19 bits per heavy atom. The second-order valence-corrected chi connectivity index (χ2v) is 9.57. The first kappa shape index (κ1) is 24.5. The molecule has 1 N–H and O–H groups in total. The van der Waals surface area contributed by atoms with Gasteiger partial charge in [-0.3, -0.25) is 9.89 Å². The molecule has 0 bridgehead atoms. The fraction of sp³-hybridized carbons (Fsp3) is 0.346. The van der Waals surface area contributed by atoms with Gasteiger partial charge in [0.1, 0.15) is 0 Å². The Bertz CT molecular complexity index is 1420. The van der Waals surface area contributed by atoms with E-state index in [1.807, 2.05) is 30.9 Å². The molecule has 11 heteroatoms. The van der Waals surface area contributed by atoms with E-state index in [0.717, 1.165) is 28.8 Å². The molecule has 1 amide bonds. The van der Waals surface area contributed by atoms with E-state index in [9.17, 15) is 13.6 Å². The molecule has 1 aliphatic rings. The van der Waals surface area contributed by atoms with Gasteiger partial charge in [-0.15, -0.1) is 0 Å². The lowest BCUT2D eigenvalue weighted by Gasteiger charge is -2.42. The van der Waals surface area contributed by atoms with Crippen molar-refractivity contribution in [2.24, 2.45) is 5.92 Å². The number of hydrogen-bond acceptors (Lipinski definition) is 6. The van der Waals surface area contributed by atoms with Gasteiger partial charge in [0, 0.05) is 44.1 Å². The van der Waals surface area contributed by atoms with Crippen molar-refractivity contribution in [3.8, 4) is 5.82 Å². The van der Waals surface area contributed by atoms with Crippen LogP contribution in [0.25, 0.3) is 5.82 Å². The molecule has 1 fully saturated rings. The van der Waals surface area contributed by atoms with Crippen LogP contribution in [0.3, 0.4) is 0 Å². The van der Waals surface area contributed by atoms with Crippen LogP contribution in [0.15, 0.2) is 42.9 Å². The molecule has 0 aromatic carbocycles. The van der Waals surface area contributed by atoms with Gasteiger partial charge in [-0.1, -0.05) is 6.07 Å². The summed E-state index contributed by atoms with van der Waals surface area (Å²) in [6.07, 6.45) is 4.52. The predicted molar refractivity (Wildman–Crippen MR) is 133 cm³/mol. The summed E-state index contributed by atoms with van der Waals surface area (Å²) < 4.78 is 29.5. The lowest BCUT2D eigenvalue weighted by molar-refractivity contribution is -0.137. The largest absolute Gasteiger partial charge is 0.352 e. The van der Waals surface area contributed by atoms with Crippen molar-refractivity contribution in [2.75, 3.05) is 25.0 Å². The van der Waals surface area contributed by atoms with E-state index in [1.54, 1.807) is 37.2 Å². The summed E-state index contributed by atoms with van der Waals surface area (Å²) in [7, 11) is 1.75. The quantitative estimate of drug-likeness (QED) is 0.412. The number of aromatic nitrogens is 6. The number of pyridine rings is 2. The highest BCUT2D eigenvalue weighted by molar-refractivity contribution is 5.82. The minimum Gasteiger partial charge on any atom is -0.352 e. The van der Waals surface area contributed by atoms with Gasteiger partial charge in [0.05, 0.1) is 30.0 Å². The first-order valence-electron chi connectivity index (χ1n) is 12.0. The van der Waals surface area contributed by atoms with Crippen molar-refractivity contribution in [1.29, 1.82) is 0 Å². The van der Waals surface area contributed by atoms with Gasteiger partial charge in [0.2, 0.25) is 5.91 Å². The number of hydrogen-bond donors (Lipinski definition) is 1. The highest BCUT2D eigenvalue weighted by atomic mass is 19.1. The van der Waals surface area contributed by atoms with E-state index in [-0.39, 0.29) is 29.5 Å². The summed E-state index contributed by atoms with van der Waals surface area (Å²) in [6, 6.07) is 7.03. The third-order valence-corrected chi connectivity index (χ3v) is 6.79. The molecule has 0 unspecified atom stereocenters. The summed E-state index contributed by atoms with van der Waals surface area (Å²) >= 11 is 0. The van der Waals surface area contributed by atoms with Crippen molar-refractivity contribution in [2.45, 2.75) is 33.2 Å². The Morgan fingerprint density at radius 3 is 2.59 bits per heavy atom. The lowest BCUT2D eigenvalue weighted by Crippen LogP contribution is -2.55. The monoisotopic (exact) mass is 506 g/mol. The standard InChI is InChI=1S/C26H28F2N8O/c1-15-7-21(9-22-8-16(2)32-33-22)31-25(24(15)28)35-12-19(13-35)26(37)34(4)17(3)18-5-6-23(29-10-18)36-14-20(27)11-30-36/h5-8,10-11,14,17,19H,9,12-13H2,1-4H3,(H,32,33)/t17-/m0/s1. The van der Waals surface area contributed by atoms with Crippen LogP contribution in [0.5, 0.6) is 0 Å². The van der Waals surface area contributed by atoms with Crippen LogP contribution < -0.4 is 4.90 Å². The number of aromatic amines is 1. The van der Waals surface area contributed by atoms with Gasteiger partial charge in [0.15, 0.2) is 23.3 Å². The first-order chi connectivity index (χ1) is 17.7. The number of nitrogens with zero attached hydrogens (tertiary/aromatic N) is 7. The second kappa shape index (κ2) is 9.72. The van der Waals surface area contributed by atoms with Gasteiger partial charge in [0.25, 0.3) is 0 Å². The number of amides is 1. The molecule has 0 radical (unpaired) electrons. The highest BCUT2D eigenvalue weighted by Gasteiger charge is 2.38. The zero-order valence-corrected chi connectivity index (χ0v) is 21.1. The fourth-order valence-corrected chi connectivity index (χ4v) is 4.47. The number of H-pyrrole nitrogens is 1. The van der Waals surface area contributed by atoms with Crippen LogP contribution in [0.1, 0.15) is 41.2 Å². The van der Waals surface area contributed by atoms with E-state index >= 15 is 0 Å². The maximum absolute atomic E-state index is 14.9. The Morgan fingerprint density at radius 2 is 1.97 bits per heavy atom. The molecule has 1 aliphatic heterocycles. The number of rotatable bonds is 7. The van der Waals surface area contributed by atoms with Crippen LogP contribution in [0.4, 0.5) is 14.6 Å². The average molecular weight is 507 g/mol. The molecule has 4 aromatic heterocycles. The maximum atomic E-state index is 14.9. The van der Waals surface area contributed by atoms with Crippen molar-refractivity contribution in [1.82, 2.24) is 34.8 Å². The first-order valence-corrected chi connectivity index (χ1v) is 12.0. The molecule has 0 spiro atoms. The molecule has 0 saturated carbocycles. The number of anilines is 1. The second-order valence-electron chi connectivity index (χ2n) is 9.57. The maximum Gasteiger partial charge on any atom is 0.229 e. The molecule has 192 valence electrons. The van der Waals surface area contributed by atoms with Gasteiger partial charge in [-0.2, -0.15) is 10.2 Å². The summed E-state index contributed by atoms with van der Waals surface area (Å²) in [6.45, 7) is 6.36. The van der Waals surface area contributed by atoms with Crippen LogP contribution in [-0.2, 0) is 11.2 Å². The number of halogens is 2. The third kappa shape index (κ3) is 4.93. The van der Waals surface area contributed by atoms with E-state index in [0.29, 0.717) is 30.9 Å². The van der Waals surface area contributed by atoms with Crippen molar-refractivity contribution in [3.05, 3.63) is 82.7 Å². The van der Waals surface area contributed by atoms with E-state index < -0.39 is 5.82 Å². The Kier molecular flexibility index (Phi) is 6.45. The summed E-state index contributed by atoms with van der Waals surface area (Å²) in [5, 5.41) is 11.1. The number of carbonyl (C=O) groups excluding carboxylic acids is 1. The van der Waals surface area contributed by atoms with Crippen molar-refractivity contribution in [3.63, 3.8) is 0 Å². The Hall–Kier alpha value is -4.15. The van der Waals surface area contributed by atoms with Crippen LogP contribution in [-0.4, -0.2) is 60.9 Å². The van der Waals surface area contributed by atoms with Crippen LogP contribution in [0, 0.1) is 31.4 Å². The summed E-state index contributed by atoms with van der Waals surface area (Å²) in [4.78, 5) is 25.5. The summed E-state index contributed by atoms with van der Waals surface area (Å²) in [5.41, 5.74) is 3.88. The molecule has 4 aromatic rings. The topological polar surface area (TPSA) is 95.8 Å². The lowest BCUT2D eigenvalue weighted by atomic mass is 9.96. The zero-order valence-electron chi connectivity index (χ0n) is 21.1. The third-order valence-electron chi connectivity index (χ3n) is 6.79. The molecule has 9 nitrogen and oxygen atoms in total. The Labute approximate surface area is 213 Å². The fourth-order valence-electron chi connectivity index (χ4n) is 4.47. The molecular weight excluding hydrogens is 478 g/mol. The van der Waals surface area contributed by atoms with Gasteiger partial charge >= 0.3 is 0 Å². The van der Waals surface area contributed by atoms with Crippen molar-refractivity contribution < 1.29 is 13.6 Å². The normalized spacial score (nSPS) is 14.5. The van der Waals surface area contributed by atoms with Crippen LogP contribution in [0.2, 0.25) is 0 Å². The molecule has 1 saturated heterocycles.